The van der Waals surface area contributed by atoms with Crippen molar-refractivity contribution >= 4 is 5.91 Å². The first-order valence-corrected chi connectivity index (χ1v) is 2.94. The molecule has 48 valence electrons. The molecule has 1 saturated carbocycles. The fourth-order valence-electron chi connectivity index (χ4n) is 0.831. The normalized spacial score (nSPS) is 20.3. The van der Waals surface area contributed by atoms with E-state index >= 15 is 0 Å². The number of nitrogens with zero attached hydrogens (tertiary/aromatic N) is 1. The highest BCUT2D eigenvalue weighted by molar-refractivity contribution is 5.79. The topological polar surface area (TPSA) is 66.9 Å². The third-order valence-electron chi connectivity index (χ3n) is 1.54. The second-order valence-corrected chi connectivity index (χ2v) is 2.35. The van der Waals surface area contributed by atoms with Gasteiger partial charge in [-0.05, 0) is 18.8 Å². The van der Waals surface area contributed by atoms with Crippen molar-refractivity contribution in [2.45, 2.75) is 12.8 Å². The van der Waals surface area contributed by atoms with Gasteiger partial charge in [0.25, 0.3) is 0 Å². The summed E-state index contributed by atoms with van der Waals surface area (Å²) in [6.07, 6.45) is 1.97. The SMILES string of the molecule is N#CC(C(N)=O)C1CC1. The molecule has 3 heteroatoms. The second-order valence-electron chi connectivity index (χ2n) is 2.35. The van der Waals surface area contributed by atoms with Gasteiger partial charge in [0.2, 0.25) is 5.91 Å². The molecule has 0 aliphatic heterocycles. The number of nitrogens with two attached hydrogens (primary N) is 1. The lowest BCUT2D eigenvalue weighted by atomic mass is 10.1. The Morgan fingerprint density at radius 3 is 2.44 bits per heavy atom. The molecular weight excluding hydrogens is 116 g/mol. The van der Waals surface area contributed by atoms with Gasteiger partial charge in [0.15, 0.2) is 0 Å². The van der Waals surface area contributed by atoms with Gasteiger partial charge in [-0.1, -0.05) is 0 Å². The maximum absolute atomic E-state index is 10.4. The lowest BCUT2D eigenvalue weighted by molar-refractivity contribution is -0.120. The van der Waals surface area contributed by atoms with Gasteiger partial charge in [0, 0.05) is 0 Å². The summed E-state index contributed by atoms with van der Waals surface area (Å²) in [4.78, 5) is 10.4. The van der Waals surface area contributed by atoms with Crippen molar-refractivity contribution in [3.8, 4) is 6.07 Å². The molecule has 1 aliphatic rings. The van der Waals surface area contributed by atoms with Gasteiger partial charge >= 0.3 is 0 Å². The Hall–Kier alpha value is -1.04. The van der Waals surface area contributed by atoms with Gasteiger partial charge < -0.3 is 5.73 Å². The van der Waals surface area contributed by atoms with Crippen LogP contribution < -0.4 is 5.73 Å². The monoisotopic (exact) mass is 124 g/mol. The van der Waals surface area contributed by atoms with E-state index in [1.54, 1.807) is 0 Å². The molecule has 3 nitrogen and oxygen atoms in total. The Balaban J connectivity index is 2.50. The fourth-order valence-corrected chi connectivity index (χ4v) is 0.831. The molecule has 1 aliphatic carbocycles. The predicted octanol–water partition coefficient (Wildman–Crippen LogP) is 0.0215. The number of nitriles is 1. The first-order valence-electron chi connectivity index (χ1n) is 2.94. The Labute approximate surface area is 53.5 Å². The molecule has 9 heavy (non-hydrogen) atoms. The highest BCUT2D eigenvalue weighted by atomic mass is 16.1. The summed E-state index contributed by atoms with van der Waals surface area (Å²) in [5.74, 6) is -0.725. The van der Waals surface area contributed by atoms with E-state index in [1.807, 2.05) is 6.07 Å². The van der Waals surface area contributed by atoms with Crippen LogP contribution in [-0.2, 0) is 4.79 Å². The van der Waals surface area contributed by atoms with Crippen LogP contribution in [0.1, 0.15) is 12.8 Å². The third kappa shape index (κ3) is 1.20. The molecule has 1 rings (SSSR count). The molecule has 1 atom stereocenters. The van der Waals surface area contributed by atoms with Gasteiger partial charge in [-0.15, -0.1) is 0 Å². The van der Waals surface area contributed by atoms with Gasteiger partial charge in [-0.25, -0.2) is 0 Å². The Bertz CT molecular complexity index is 166. The smallest absolute Gasteiger partial charge is 0.235 e. The standard InChI is InChI=1S/C6H8N2O/c7-3-5(6(8)9)4-1-2-4/h4-5H,1-2H2,(H2,8,9). The Kier molecular flexibility index (Phi) is 1.39. The van der Waals surface area contributed by atoms with Gasteiger partial charge in [-0.2, -0.15) is 5.26 Å². The summed E-state index contributed by atoms with van der Waals surface area (Å²) in [5.41, 5.74) is 4.93. The second kappa shape index (κ2) is 2.06. The molecule has 0 spiro atoms. The molecule has 0 aromatic heterocycles. The number of rotatable bonds is 2. The van der Waals surface area contributed by atoms with E-state index in [1.165, 1.54) is 0 Å². The van der Waals surface area contributed by atoms with Crippen molar-refractivity contribution in [3.05, 3.63) is 0 Å². The van der Waals surface area contributed by atoms with Crippen LogP contribution in [0.4, 0.5) is 0 Å². The molecule has 0 heterocycles. The van der Waals surface area contributed by atoms with Crippen molar-refractivity contribution in [1.82, 2.24) is 0 Å². The number of primary amides is 1. The highest BCUT2D eigenvalue weighted by Gasteiger charge is 2.34. The van der Waals surface area contributed by atoms with Crippen LogP contribution in [0.3, 0.4) is 0 Å². The molecule has 1 fully saturated rings. The summed E-state index contributed by atoms with van der Waals surface area (Å²) in [6.45, 7) is 0. The van der Waals surface area contributed by atoms with E-state index in [4.69, 9.17) is 11.0 Å². The first kappa shape index (κ1) is 6.09. The fraction of sp³-hybridized carbons (Fsp3) is 0.667. The number of amides is 1. The highest BCUT2D eigenvalue weighted by Crippen LogP contribution is 2.36. The van der Waals surface area contributed by atoms with E-state index < -0.39 is 11.8 Å². The van der Waals surface area contributed by atoms with Gasteiger partial charge in [0.05, 0.1) is 6.07 Å². The van der Waals surface area contributed by atoms with Crippen LogP contribution in [0.5, 0.6) is 0 Å². The van der Waals surface area contributed by atoms with E-state index in [0.29, 0.717) is 0 Å². The summed E-state index contributed by atoms with van der Waals surface area (Å²) < 4.78 is 0. The quantitative estimate of drug-likeness (QED) is 0.564. The van der Waals surface area contributed by atoms with Gasteiger partial charge in [-0.3, -0.25) is 4.79 Å². The molecule has 0 aromatic rings. The summed E-state index contributed by atoms with van der Waals surface area (Å²) in [7, 11) is 0. The third-order valence-corrected chi connectivity index (χ3v) is 1.54. The first-order chi connectivity index (χ1) is 4.25. The maximum atomic E-state index is 10.4. The van der Waals surface area contributed by atoms with Crippen molar-refractivity contribution < 1.29 is 4.79 Å². The zero-order chi connectivity index (χ0) is 6.85. The van der Waals surface area contributed by atoms with Crippen LogP contribution in [-0.4, -0.2) is 5.91 Å². The molecule has 0 aromatic carbocycles. The lowest BCUT2D eigenvalue weighted by Crippen LogP contribution is -2.23. The van der Waals surface area contributed by atoms with Crippen molar-refractivity contribution in [1.29, 1.82) is 5.26 Å². The molecule has 1 amide bonds. The largest absolute Gasteiger partial charge is 0.369 e. The van der Waals surface area contributed by atoms with Crippen molar-refractivity contribution in [2.24, 2.45) is 17.6 Å². The molecule has 1 unspecified atom stereocenters. The minimum absolute atomic E-state index is 0.271. The molecule has 2 N–H and O–H groups in total. The molecular formula is C6H8N2O. The minimum atomic E-state index is -0.523. The van der Waals surface area contributed by atoms with Crippen LogP contribution in [0.15, 0.2) is 0 Å². The van der Waals surface area contributed by atoms with Crippen LogP contribution in [0.2, 0.25) is 0 Å². The number of hydrogen-bond donors (Lipinski definition) is 1. The average molecular weight is 124 g/mol. The van der Waals surface area contributed by atoms with E-state index in [9.17, 15) is 4.79 Å². The Morgan fingerprint density at radius 2 is 2.33 bits per heavy atom. The molecule has 0 radical (unpaired) electrons. The zero-order valence-electron chi connectivity index (χ0n) is 5.00. The zero-order valence-corrected chi connectivity index (χ0v) is 5.00. The maximum Gasteiger partial charge on any atom is 0.235 e. The summed E-state index contributed by atoms with van der Waals surface area (Å²) >= 11 is 0. The number of carbonyl (C=O) groups is 1. The van der Waals surface area contributed by atoms with Crippen molar-refractivity contribution in [3.63, 3.8) is 0 Å². The number of hydrogen-bond acceptors (Lipinski definition) is 2. The molecule has 0 bridgehead atoms. The van der Waals surface area contributed by atoms with E-state index in [2.05, 4.69) is 0 Å². The van der Waals surface area contributed by atoms with Crippen LogP contribution >= 0.6 is 0 Å². The Morgan fingerprint density at radius 1 is 1.78 bits per heavy atom. The average Bonchev–Trinajstić information content (AvgIpc) is 2.50. The summed E-state index contributed by atoms with van der Waals surface area (Å²) in [6, 6.07) is 1.89. The van der Waals surface area contributed by atoms with Gasteiger partial charge in [0.1, 0.15) is 5.92 Å². The summed E-state index contributed by atoms with van der Waals surface area (Å²) in [5, 5.41) is 8.36. The number of carbonyl (C=O) groups excluding carboxylic acids is 1. The minimum Gasteiger partial charge on any atom is -0.369 e. The van der Waals surface area contributed by atoms with Crippen molar-refractivity contribution in [2.75, 3.05) is 0 Å². The van der Waals surface area contributed by atoms with E-state index in [-0.39, 0.29) is 5.92 Å². The van der Waals surface area contributed by atoms with Crippen LogP contribution in [0.25, 0.3) is 0 Å². The predicted molar refractivity (Wildman–Crippen MR) is 31.0 cm³/mol. The van der Waals surface area contributed by atoms with E-state index in [0.717, 1.165) is 12.8 Å². The van der Waals surface area contributed by atoms with Crippen LogP contribution in [0, 0.1) is 23.2 Å². The molecule has 0 saturated heterocycles. The lowest BCUT2D eigenvalue weighted by Gasteiger charge is -1.97.